The lowest BCUT2D eigenvalue weighted by Crippen LogP contribution is -2.44. The van der Waals surface area contributed by atoms with Gasteiger partial charge in [-0.1, -0.05) is 6.92 Å². The lowest BCUT2D eigenvalue weighted by Gasteiger charge is -2.32. The minimum absolute atomic E-state index is 0. The highest BCUT2D eigenvalue weighted by molar-refractivity contribution is 14.0. The molecule has 3 N–H and O–H groups in total. The lowest BCUT2D eigenvalue weighted by atomic mass is 10.2. The second-order valence-corrected chi connectivity index (χ2v) is 5.57. The summed E-state index contributed by atoms with van der Waals surface area (Å²) in [6.45, 7) is 11.1. The average Bonchev–Trinajstić information content (AvgIpc) is 2.40. The van der Waals surface area contributed by atoms with Gasteiger partial charge in [-0.3, -0.25) is 4.99 Å². The number of rotatable bonds is 7. The molecule has 6 heteroatoms. The number of unbranched alkanes of at least 4 members (excludes halogenated alkanes) is 1. The molecule has 1 rings (SSSR count). The van der Waals surface area contributed by atoms with Gasteiger partial charge in [0.15, 0.2) is 5.96 Å². The molecule has 0 bridgehead atoms. The van der Waals surface area contributed by atoms with Crippen LogP contribution < -0.4 is 11.1 Å². The zero-order valence-corrected chi connectivity index (χ0v) is 15.6. The van der Waals surface area contributed by atoms with Crippen molar-refractivity contribution in [3.05, 3.63) is 0 Å². The summed E-state index contributed by atoms with van der Waals surface area (Å²) in [4.78, 5) is 9.30. The number of likely N-dealkylation sites (N-methyl/N-ethyl adjacent to an activating group) is 1. The van der Waals surface area contributed by atoms with Gasteiger partial charge in [0.2, 0.25) is 0 Å². The molecular formula is C14H32IN5. The van der Waals surface area contributed by atoms with E-state index in [1.165, 1.54) is 39.1 Å². The van der Waals surface area contributed by atoms with Crippen molar-refractivity contribution in [3.63, 3.8) is 0 Å². The van der Waals surface area contributed by atoms with E-state index in [1.54, 1.807) is 0 Å². The molecule has 1 saturated heterocycles. The van der Waals surface area contributed by atoms with E-state index in [1.807, 2.05) is 0 Å². The third kappa shape index (κ3) is 8.97. The van der Waals surface area contributed by atoms with Crippen molar-refractivity contribution >= 4 is 29.9 Å². The van der Waals surface area contributed by atoms with Gasteiger partial charge in [0, 0.05) is 38.8 Å². The van der Waals surface area contributed by atoms with Crippen LogP contribution in [-0.2, 0) is 0 Å². The van der Waals surface area contributed by atoms with Crippen LogP contribution in [0.5, 0.6) is 0 Å². The van der Waals surface area contributed by atoms with Crippen LogP contribution in [0.3, 0.4) is 0 Å². The van der Waals surface area contributed by atoms with Crippen LogP contribution in [0.4, 0.5) is 0 Å². The van der Waals surface area contributed by atoms with E-state index in [2.05, 4.69) is 41.0 Å². The molecule has 1 aliphatic rings. The van der Waals surface area contributed by atoms with Crippen molar-refractivity contribution in [1.82, 2.24) is 15.1 Å². The Balaban J connectivity index is 0.00000361. The number of nitrogens with one attached hydrogen (secondary N) is 1. The molecule has 0 aliphatic carbocycles. The first-order valence-electron chi connectivity index (χ1n) is 7.59. The van der Waals surface area contributed by atoms with Crippen LogP contribution in [0.25, 0.3) is 0 Å². The Bertz CT molecular complexity index is 264. The van der Waals surface area contributed by atoms with Crippen LogP contribution in [0, 0.1) is 0 Å². The predicted octanol–water partition coefficient (Wildman–Crippen LogP) is 1.33. The van der Waals surface area contributed by atoms with Crippen molar-refractivity contribution in [1.29, 1.82) is 0 Å². The molecule has 1 unspecified atom stereocenters. The lowest BCUT2D eigenvalue weighted by molar-refractivity contribution is 0.152. The topological polar surface area (TPSA) is 56.9 Å². The fourth-order valence-electron chi connectivity index (χ4n) is 2.12. The fraction of sp³-hybridized carbons (Fsp3) is 0.929. The highest BCUT2D eigenvalue weighted by atomic mass is 127. The zero-order valence-electron chi connectivity index (χ0n) is 13.3. The molecule has 0 aromatic rings. The Morgan fingerprint density at radius 2 is 1.90 bits per heavy atom. The molecule has 0 spiro atoms. The van der Waals surface area contributed by atoms with Gasteiger partial charge in [0.05, 0.1) is 0 Å². The second kappa shape index (κ2) is 11.6. The quantitative estimate of drug-likeness (QED) is 0.295. The molecule has 5 nitrogen and oxygen atoms in total. The van der Waals surface area contributed by atoms with E-state index in [0.717, 1.165) is 19.4 Å². The van der Waals surface area contributed by atoms with Crippen molar-refractivity contribution < 1.29 is 0 Å². The average molecular weight is 397 g/mol. The molecule has 0 saturated carbocycles. The van der Waals surface area contributed by atoms with Crippen LogP contribution in [0.15, 0.2) is 4.99 Å². The number of hydrogen-bond donors (Lipinski definition) is 2. The van der Waals surface area contributed by atoms with Gasteiger partial charge < -0.3 is 20.9 Å². The standard InChI is InChI=1S/C14H31N5.HI/c1-4-13(2)17-14(15)16-7-5-6-8-19-11-9-18(3)10-12-19;/h13H,4-12H2,1-3H3,(H3,15,16,17);1H. The van der Waals surface area contributed by atoms with E-state index < -0.39 is 0 Å². The third-order valence-corrected chi connectivity index (χ3v) is 3.77. The van der Waals surface area contributed by atoms with E-state index in [-0.39, 0.29) is 24.0 Å². The molecule has 0 aromatic heterocycles. The summed E-state index contributed by atoms with van der Waals surface area (Å²) in [5.41, 5.74) is 5.81. The number of hydrogen-bond acceptors (Lipinski definition) is 3. The largest absolute Gasteiger partial charge is 0.370 e. The van der Waals surface area contributed by atoms with Crippen LogP contribution in [-0.4, -0.2) is 68.1 Å². The fourth-order valence-corrected chi connectivity index (χ4v) is 2.12. The Hall–Kier alpha value is -0.0800. The van der Waals surface area contributed by atoms with Gasteiger partial charge >= 0.3 is 0 Å². The third-order valence-electron chi connectivity index (χ3n) is 3.77. The zero-order chi connectivity index (χ0) is 14.1. The summed E-state index contributed by atoms with van der Waals surface area (Å²) in [7, 11) is 2.19. The van der Waals surface area contributed by atoms with Crippen molar-refractivity contribution in [3.8, 4) is 0 Å². The number of guanidine groups is 1. The number of nitrogens with zero attached hydrogens (tertiary/aromatic N) is 3. The molecular weight excluding hydrogens is 365 g/mol. The summed E-state index contributed by atoms with van der Waals surface area (Å²) >= 11 is 0. The predicted molar refractivity (Wildman–Crippen MR) is 98.0 cm³/mol. The maximum absolute atomic E-state index is 5.81. The summed E-state index contributed by atoms with van der Waals surface area (Å²) in [5, 5.41) is 3.19. The first kappa shape index (κ1) is 19.9. The molecule has 1 heterocycles. The Morgan fingerprint density at radius 3 is 2.50 bits per heavy atom. The van der Waals surface area contributed by atoms with E-state index in [0.29, 0.717) is 12.0 Å². The summed E-state index contributed by atoms with van der Waals surface area (Å²) in [6.07, 6.45) is 3.40. The first-order chi connectivity index (χ1) is 9.11. The number of aliphatic imine (C=N–C) groups is 1. The number of nitrogens with two attached hydrogens (primary N) is 1. The van der Waals surface area contributed by atoms with Crippen molar-refractivity contribution in [2.75, 3.05) is 46.3 Å². The van der Waals surface area contributed by atoms with Gasteiger partial charge in [0.1, 0.15) is 0 Å². The summed E-state index contributed by atoms with van der Waals surface area (Å²) in [6, 6.07) is 0.411. The van der Waals surface area contributed by atoms with E-state index in [9.17, 15) is 0 Å². The molecule has 1 aliphatic heterocycles. The highest BCUT2D eigenvalue weighted by Crippen LogP contribution is 2.01. The summed E-state index contributed by atoms with van der Waals surface area (Å²) < 4.78 is 0. The number of piperazine rings is 1. The first-order valence-corrected chi connectivity index (χ1v) is 7.59. The maximum Gasteiger partial charge on any atom is 0.188 e. The Morgan fingerprint density at radius 1 is 1.25 bits per heavy atom. The van der Waals surface area contributed by atoms with Gasteiger partial charge in [0.25, 0.3) is 0 Å². The summed E-state index contributed by atoms with van der Waals surface area (Å²) in [5.74, 6) is 0.592. The molecule has 1 fully saturated rings. The minimum atomic E-state index is 0. The monoisotopic (exact) mass is 397 g/mol. The smallest absolute Gasteiger partial charge is 0.188 e. The molecule has 0 aromatic carbocycles. The van der Waals surface area contributed by atoms with Crippen LogP contribution in [0.2, 0.25) is 0 Å². The van der Waals surface area contributed by atoms with E-state index in [4.69, 9.17) is 5.73 Å². The van der Waals surface area contributed by atoms with Gasteiger partial charge in [-0.15, -0.1) is 24.0 Å². The second-order valence-electron chi connectivity index (χ2n) is 5.57. The normalized spacial score (nSPS) is 19.4. The Kier molecular flexibility index (Phi) is 11.5. The number of halogens is 1. The van der Waals surface area contributed by atoms with Crippen LogP contribution >= 0.6 is 24.0 Å². The maximum atomic E-state index is 5.81. The van der Waals surface area contributed by atoms with E-state index >= 15 is 0 Å². The Labute approximate surface area is 141 Å². The minimum Gasteiger partial charge on any atom is -0.370 e. The van der Waals surface area contributed by atoms with Crippen molar-refractivity contribution in [2.45, 2.75) is 39.2 Å². The molecule has 1 atom stereocenters. The van der Waals surface area contributed by atoms with Gasteiger partial charge in [-0.2, -0.15) is 0 Å². The highest BCUT2D eigenvalue weighted by Gasteiger charge is 2.12. The molecule has 0 radical (unpaired) electrons. The van der Waals surface area contributed by atoms with Crippen LogP contribution in [0.1, 0.15) is 33.1 Å². The molecule has 120 valence electrons. The van der Waals surface area contributed by atoms with Gasteiger partial charge in [-0.05, 0) is 39.8 Å². The van der Waals surface area contributed by atoms with Crippen molar-refractivity contribution in [2.24, 2.45) is 10.7 Å². The molecule has 0 amide bonds. The molecule has 20 heavy (non-hydrogen) atoms. The van der Waals surface area contributed by atoms with Gasteiger partial charge in [-0.25, -0.2) is 0 Å². The SMILES string of the molecule is CCC(C)NC(N)=NCCCCN1CCN(C)CC1.I.